The van der Waals surface area contributed by atoms with E-state index in [1.165, 1.54) is 4.52 Å². The van der Waals surface area contributed by atoms with Crippen molar-refractivity contribution in [1.82, 2.24) is 19.9 Å². The molecule has 1 aliphatic rings. The van der Waals surface area contributed by atoms with E-state index >= 15 is 0 Å². The van der Waals surface area contributed by atoms with Crippen molar-refractivity contribution in [2.45, 2.75) is 32.2 Å². The molecule has 0 aliphatic carbocycles. The number of halogens is 3. The van der Waals surface area contributed by atoms with E-state index in [1.54, 1.807) is 37.2 Å². The van der Waals surface area contributed by atoms with Crippen LogP contribution in [0.3, 0.4) is 0 Å². The highest BCUT2D eigenvalue weighted by atomic mass is 35.5. The first-order chi connectivity index (χ1) is 11.3. The average molecular weight is 358 g/mol. The Labute approximate surface area is 142 Å². The number of imidazole rings is 1. The van der Waals surface area contributed by atoms with Gasteiger partial charge in [-0.1, -0.05) is 11.6 Å². The molecular weight excluding hydrogens is 340 g/mol. The molecule has 2 aromatic heterocycles. The van der Waals surface area contributed by atoms with Gasteiger partial charge < -0.3 is 10.2 Å². The number of nitrogens with zero attached hydrogens (tertiary/aromatic N) is 4. The predicted molar refractivity (Wildman–Crippen MR) is 86.5 cm³/mol. The second-order valence-corrected chi connectivity index (χ2v) is 6.62. The number of hydrogen-bond acceptors (Lipinski definition) is 4. The highest BCUT2D eigenvalue weighted by molar-refractivity contribution is 6.29. The van der Waals surface area contributed by atoms with Crippen molar-refractivity contribution in [2.24, 2.45) is 5.92 Å². The first kappa shape index (κ1) is 16.9. The molecule has 0 radical (unpaired) electrons. The summed E-state index contributed by atoms with van der Waals surface area (Å²) in [5.41, 5.74) is 1.19. The molecule has 0 bridgehead atoms. The summed E-state index contributed by atoms with van der Waals surface area (Å²) in [6.07, 6.45) is 3.43. The number of carbonyl (C=O) groups excluding carboxylic acids is 1. The van der Waals surface area contributed by atoms with Crippen LogP contribution in [0.15, 0.2) is 18.5 Å². The van der Waals surface area contributed by atoms with Crippen LogP contribution >= 0.6 is 11.6 Å². The summed E-state index contributed by atoms with van der Waals surface area (Å²) >= 11 is 5.99. The van der Waals surface area contributed by atoms with Crippen molar-refractivity contribution < 1.29 is 13.6 Å². The number of anilines is 1. The number of hydrogen-bond donors (Lipinski definition) is 1. The zero-order valence-corrected chi connectivity index (χ0v) is 14.1. The molecule has 1 N–H and O–H groups in total. The zero-order chi connectivity index (χ0) is 17.5. The van der Waals surface area contributed by atoms with E-state index in [9.17, 15) is 13.6 Å². The van der Waals surface area contributed by atoms with Gasteiger partial charge in [0.25, 0.3) is 5.91 Å². The molecule has 1 fully saturated rings. The molecule has 0 aromatic carbocycles. The second kappa shape index (κ2) is 6.16. The van der Waals surface area contributed by atoms with E-state index in [0.29, 0.717) is 17.9 Å². The largest absolute Gasteiger partial charge is 0.368 e. The smallest absolute Gasteiger partial charge is 0.329 e. The molecule has 1 aliphatic heterocycles. The van der Waals surface area contributed by atoms with Gasteiger partial charge in [-0.25, -0.2) is 9.50 Å². The monoisotopic (exact) mass is 357 g/mol. The third-order valence-corrected chi connectivity index (χ3v) is 4.26. The van der Waals surface area contributed by atoms with Crippen LogP contribution in [0, 0.1) is 5.92 Å². The summed E-state index contributed by atoms with van der Waals surface area (Å²) in [6.45, 7) is 3.77. The molecule has 1 unspecified atom stereocenters. The lowest BCUT2D eigenvalue weighted by Crippen LogP contribution is -2.48. The summed E-state index contributed by atoms with van der Waals surface area (Å²) in [4.78, 5) is 17.8. The van der Waals surface area contributed by atoms with Crippen LogP contribution in [0.1, 0.15) is 20.3 Å². The van der Waals surface area contributed by atoms with Crippen molar-refractivity contribution in [3.05, 3.63) is 23.6 Å². The molecular formula is C15H18ClF2N5O. The number of amides is 1. The molecule has 3 heterocycles. The van der Waals surface area contributed by atoms with Crippen LogP contribution in [0.2, 0.25) is 5.15 Å². The number of alkyl halides is 2. The van der Waals surface area contributed by atoms with Gasteiger partial charge in [0.15, 0.2) is 10.8 Å². The third kappa shape index (κ3) is 3.02. The maximum atomic E-state index is 14.4. The number of fused-ring (bicyclic) bond motifs is 1. The average Bonchev–Trinajstić information content (AvgIpc) is 3.14. The van der Waals surface area contributed by atoms with Gasteiger partial charge in [0.2, 0.25) is 0 Å². The summed E-state index contributed by atoms with van der Waals surface area (Å²) in [7, 11) is 0. The Kier molecular flexibility index (Phi) is 4.33. The number of carbonyl (C=O) groups is 1. The van der Waals surface area contributed by atoms with Gasteiger partial charge in [-0.2, -0.15) is 13.9 Å². The van der Waals surface area contributed by atoms with Crippen molar-refractivity contribution in [1.29, 1.82) is 0 Å². The Morgan fingerprint density at radius 3 is 2.96 bits per heavy atom. The van der Waals surface area contributed by atoms with E-state index in [0.717, 1.165) is 0 Å². The maximum absolute atomic E-state index is 14.4. The van der Waals surface area contributed by atoms with Crippen LogP contribution in [0.4, 0.5) is 14.5 Å². The van der Waals surface area contributed by atoms with Crippen LogP contribution in [-0.2, 0) is 4.79 Å². The lowest BCUT2D eigenvalue weighted by molar-refractivity contribution is -0.153. The third-order valence-electron chi connectivity index (χ3n) is 4.07. The molecule has 24 heavy (non-hydrogen) atoms. The quantitative estimate of drug-likeness (QED) is 0.912. The standard InChI is InChI=1S/C15H18ClF2N5O/c1-9(2)20-14(24)15(17,18)10-3-5-22(8-10)11-7-12(16)21-23-6-4-19-13(11)23/h4,6-7,9-10H,3,5,8H2,1-2H3,(H,20,24). The SMILES string of the molecule is CC(C)NC(=O)C(F)(F)C1CCN(c2cc(Cl)nn3ccnc23)C1. The van der Waals surface area contributed by atoms with Crippen molar-refractivity contribution in [3.8, 4) is 0 Å². The minimum atomic E-state index is -3.42. The molecule has 1 atom stereocenters. The fraction of sp³-hybridized carbons (Fsp3) is 0.533. The van der Waals surface area contributed by atoms with E-state index < -0.39 is 17.7 Å². The highest BCUT2D eigenvalue weighted by Crippen LogP contribution is 2.36. The van der Waals surface area contributed by atoms with Crippen LogP contribution < -0.4 is 10.2 Å². The van der Waals surface area contributed by atoms with E-state index in [2.05, 4.69) is 15.4 Å². The second-order valence-electron chi connectivity index (χ2n) is 6.23. The molecule has 3 rings (SSSR count). The van der Waals surface area contributed by atoms with Crippen LogP contribution in [0.5, 0.6) is 0 Å². The lowest BCUT2D eigenvalue weighted by atomic mass is 9.99. The number of rotatable bonds is 4. The summed E-state index contributed by atoms with van der Waals surface area (Å²) in [5, 5.41) is 6.62. The van der Waals surface area contributed by atoms with Gasteiger partial charge in [0.05, 0.1) is 11.6 Å². The Hall–Kier alpha value is -1.96. The Bertz CT molecular complexity index is 763. The summed E-state index contributed by atoms with van der Waals surface area (Å²) in [5.74, 6) is -5.69. The van der Waals surface area contributed by atoms with Crippen molar-refractivity contribution in [2.75, 3.05) is 18.0 Å². The molecule has 0 spiro atoms. The van der Waals surface area contributed by atoms with E-state index in [-0.39, 0.29) is 24.2 Å². The van der Waals surface area contributed by atoms with Gasteiger partial charge in [0, 0.05) is 37.6 Å². The van der Waals surface area contributed by atoms with Gasteiger partial charge in [-0.05, 0) is 20.3 Å². The van der Waals surface area contributed by atoms with E-state index in [1.807, 2.05) is 0 Å². The molecule has 130 valence electrons. The Balaban J connectivity index is 1.82. The van der Waals surface area contributed by atoms with Crippen LogP contribution in [0.25, 0.3) is 5.65 Å². The first-order valence-corrected chi connectivity index (χ1v) is 8.10. The van der Waals surface area contributed by atoms with Crippen LogP contribution in [-0.4, -0.2) is 45.6 Å². The van der Waals surface area contributed by atoms with Gasteiger partial charge >= 0.3 is 5.92 Å². The van der Waals surface area contributed by atoms with Gasteiger partial charge in [-0.15, -0.1) is 0 Å². The van der Waals surface area contributed by atoms with E-state index in [4.69, 9.17) is 11.6 Å². The molecule has 1 amide bonds. The predicted octanol–water partition coefficient (Wildman–Crippen LogP) is 2.37. The molecule has 6 nitrogen and oxygen atoms in total. The minimum Gasteiger partial charge on any atom is -0.368 e. The molecule has 1 saturated heterocycles. The molecule has 2 aromatic rings. The lowest BCUT2D eigenvalue weighted by Gasteiger charge is -2.24. The number of aromatic nitrogens is 3. The Morgan fingerprint density at radius 1 is 1.50 bits per heavy atom. The Morgan fingerprint density at radius 2 is 2.25 bits per heavy atom. The summed E-state index contributed by atoms with van der Waals surface area (Å²) < 4.78 is 30.3. The zero-order valence-electron chi connectivity index (χ0n) is 13.3. The minimum absolute atomic E-state index is 0.0569. The highest BCUT2D eigenvalue weighted by Gasteiger charge is 2.50. The topological polar surface area (TPSA) is 62.5 Å². The molecule has 0 saturated carbocycles. The van der Waals surface area contributed by atoms with Crippen molar-refractivity contribution >= 4 is 28.8 Å². The van der Waals surface area contributed by atoms with Gasteiger partial charge in [-0.3, -0.25) is 4.79 Å². The molecule has 9 heteroatoms. The first-order valence-electron chi connectivity index (χ1n) is 7.72. The fourth-order valence-corrected chi connectivity index (χ4v) is 3.11. The maximum Gasteiger partial charge on any atom is 0.329 e. The summed E-state index contributed by atoms with van der Waals surface area (Å²) in [6, 6.07) is 1.28. The van der Waals surface area contributed by atoms with Crippen molar-refractivity contribution in [3.63, 3.8) is 0 Å². The number of nitrogens with one attached hydrogen (secondary N) is 1. The normalized spacial score (nSPS) is 18.6. The van der Waals surface area contributed by atoms with Gasteiger partial charge in [0.1, 0.15) is 0 Å². The fourth-order valence-electron chi connectivity index (χ4n) is 2.92.